The van der Waals surface area contributed by atoms with Gasteiger partial charge in [0.2, 0.25) is 0 Å². The first kappa shape index (κ1) is 8.99. The van der Waals surface area contributed by atoms with Crippen molar-refractivity contribution in [1.29, 1.82) is 0 Å². The molecule has 0 bridgehead atoms. The molecule has 0 saturated carbocycles. The van der Waals surface area contributed by atoms with Gasteiger partial charge in [-0.3, -0.25) is 0 Å². The van der Waals surface area contributed by atoms with Crippen LogP contribution < -0.4 is 0 Å². The van der Waals surface area contributed by atoms with Crippen LogP contribution in [0.1, 0.15) is 13.3 Å². The third-order valence-electron chi connectivity index (χ3n) is 1.49. The molecule has 1 aliphatic heterocycles. The average molecular weight is 173 g/mol. The van der Waals surface area contributed by atoms with Crippen LogP contribution in [0.25, 0.3) is 0 Å². The highest BCUT2D eigenvalue weighted by Gasteiger charge is 2.25. The predicted molar refractivity (Wildman–Crippen MR) is 41.1 cm³/mol. The molecule has 1 unspecified atom stereocenters. The van der Waals surface area contributed by atoms with Crippen molar-refractivity contribution < 1.29 is 19.5 Å². The van der Waals surface area contributed by atoms with Gasteiger partial charge in [0, 0.05) is 13.0 Å². The molecule has 1 rings (SSSR count). The van der Waals surface area contributed by atoms with Gasteiger partial charge in [-0.1, -0.05) is 5.16 Å². The first-order chi connectivity index (χ1) is 5.74. The highest BCUT2D eigenvalue weighted by Crippen LogP contribution is 2.10. The van der Waals surface area contributed by atoms with Crippen LogP contribution in [0.3, 0.4) is 0 Å². The lowest BCUT2D eigenvalue weighted by atomic mass is 10.2. The van der Waals surface area contributed by atoms with E-state index in [9.17, 15) is 4.79 Å². The van der Waals surface area contributed by atoms with Gasteiger partial charge in [0.15, 0.2) is 11.8 Å². The summed E-state index contributed by atoms with van der Waals surface area (Å²) in [6.45, 7) is 2.87. The SMILES string of the molecule is CCOCC1CC(C(=O)O)=NO1. The second-order valence-corrected chi connectivity index (χ2v) is 2.43. The third kappa shape index (κ3) is 2.20. The first-order valence-electron chi connectivity index (χ1n) is 3.77. The normalized spacial score (nSPS) is 21.8. The van der Waals surface area contributed by atoms with Gasteiger partial charge in [-0.05, 0) is 6.92 Å². The van der Waals surface area contributed by atoms with E-state index >= 15 is 0 Å². The maximum Gasteiger partial charge on any atom is 0.353 e. The minimum absolute atomic E-state index is 0.0692. The fraction of sp³-hybridized carbons (Fsp3) is 0.714. The van der Waals surface area contributed by atoms with Crippen molar-refractivity contribution in [3.63, 3.8) is 0 Å². The van der Waals surface area contributed by atoms with Gasteiger partial charge in [0.25, 0.3) is 0 Å². The Morgan fingerprint density at radius 3 is 3.17 bits per heavy atom. The van der Waals surface area contributed by atoms with E-state index in [0.717, 1.165) is 0 Å². The monoisotopic (exact) mass is 173 g/mol. The standard InChI is InChI=1S/C7H11NO4/c1-2-11-4-5-3-6(7(9)10)8-12-5/h5H,2-4H2,1H3,(H,9,10). The van der Waals surface area contributed by atoms with E-state index in [1.165, 1.54) is 0 Å². The molecular formula is C7H11NO4. The predicted octanol–water partition coefficient (Wildman–Crippen LogP) is 0.252. The summed E-state index contributed by atoms with van der Waals surface area (Å²) >= 11 is 0. The fourth-order valence-electron chi connectivity index (χ4n) is 0.893. The van der Waals surface area contributed by atoms with E-state index in [2.05, 4.69) is 5.16 Å². The lowest BCUT2D eigenvalue weighted by Gasteiger charge is -2.06. The smallest absolute Gasteiger partial charge is 0.353 e. The average Bonchev–Trinajstić information content (AvgIpc) is 2.48. The van der Waals surface area contributed by atoms with Gasteiger partial charge in [0.05, 0.1) is 6.61 Å². The summed E-state index contributed by atoms with van der Waals surface area (Å²) in [5.41, 5.74) is 0.0692. The van der Waals surface area contributed by atoms with Gasteiger partial charge >= 0.3 is 5.97 Å². The highest BCUT2D eigenvalue weighted by atomic mass is 16.7. The van der Waals surface area contributed by atoms with Crippen LogP contribution in [0.2, 0.25) is 0 Å². The summed E-state index contributed by atoms with van der Waals surface area (Å²) in [4.78, 5) is 15.2. The maximum absolute atomic E-state index is 10.4. The lowest BCUT2D eigenvalue weighted by Crippen LogP contribution is -2.18. The minimum atomic E-state index is -1.02. The number of carbonyl (C=O) groups is 1. The highest BCUT2D eigenvalue weighted by molar-refractivity contribution is 6.35. The molecule has 0 aromatic carbocycles. The zero-order valence-electron chi connectivity index (χ0n) is 6.82. The Morgan fingerprint density at radius 2 is 2.67 bits per heavy atom. The summed E-state index contributed by atoms with van der Waals surface area (Å²) in [5.74, 6) is -1.02. The van der Waals surface area contributed by atoms with Crippen molar-refractivity contribution in [3.8, 4) is 0 Å². The summed E-state index contributed by atoms with van der Waals surface area (Å²) in [6, 6.07) is 0. The van der Waals surface area contributed by atoms with Crippen LogP contribution >= 0.6 is 0 Å². The molecule has 12 heavy (non-hydrogen) atoms. The van der Waals surface area contributed by atoms with E-state index in [4.69, 9.17) is 14.7 Å². The van der Waals surface area contributed by atoms with Crippen molar-refractivity contribution in [2.75, 3.05) is 13.2 Å². The first-order valence-corrected chi connectivity index (χ1v) is 3.77. The molecular weight excluding hydrogens is 162 g/mol. The van der Waals surface area contributed by atoms with Gasteiger partial charge < -0.3 is 14.7 Å². The summed E-state index contributed by atoms with van der Waals surface area (Å²) in [7, 11) is 0. The molecule has 1 aliphatic rings. The molecule has 0 aliphatic carbocycles. The molecule has 1 atom stereocenters. The van der Waals surface area contributed by atoms with Crippen LogP contribution in [0, 0.1) is 0 Å². The van der Waals surface area contributed by atoms with Crippen molar-refractivity contribution >= 4 is 11.7 Å². The fourth-order valence-corrected chi connectivity index (χ4v) is 0.893. The van der Waals surface area contributed by atoms with E-state index in [1.807, 2.05) is 6.92 Å². The second-order valence-electron chi connectivity index (χ2n) is 2.43. The van der Waals surface area contributed by atoms with E-state index < -0.39 is 5.97 Å². The van der Waals surface area contributed by atoms with Crippen molar-refractivity contribution in [2.24, 2.45) is 5.16 Å². The number of nitrogens with zero attached hydrogens (tertiary/aromatic N) is 1. The number of ether oxygens (including phenoxy) is 1. The number of oxime groups is 1. The van der Waals surface area contributed by atoms with Gasteiger partial charge in [-0.15, -0.1) is 0 Å². The zero-order valence-corrected chi connectivity index (χ0v) is 6.82. The number of aliphatic carboxylic acids is 1. The number of hydrogen-bond donors (Lipinski definition) is 1. The van der Waals surface area contributed by atoms with Gasteiger partial charge in [0.1, 0.15) is 0 Å². The van der Waals surface area contributed by atoms with Crippen LogP contribution in [-0.2, 0) is 14.4 Å². The molecule has 0 amide bonds. The zero-order chi connectivity index (χ0) is 8.97. The van der Waals surface area contributed by atoms with Gasteiger partial charge in [-0.2, -0.15) is 0 Å². The van der Waals surface area contributed by atoms with E-state index in [1.54, 1.807) is 0 Å². The lowest BCUT2D eigenvalue weighted by molar-refractivity contribution is -0.129. The Hall–Kier alpha value is -1.10. The van der Waals surface area contributed by atoms with E-state index in [-0.39, 0.29) is 11.8 Å². The molecule has 0 saturated heterocycles. The molecule has 0 aromatic heterocycles. The summed E-state index contributed by atoms with van der Waals surface area (Å²) in [6.07, 6.45) is 0.103. The molecule has 1 heterocycles. The van der Waals surface area contributed by atoms with Crippen LogP contribution in [-0.4, -0.2) is 36.1 Å². The summed E-state index contributed by atoms with van der Waals surface area (Å²) in [5, 5.41) is 11.9. The summed E-state index contributed by atoms with van der Waals surface area (Å²) < 4.78 is 5.05. The Morgan fingerprint density at radius 1 is 1.92 bits per heavy atom. The maximum atomic E-state index is 10.4. The van der Waals surface area contributed by atoms with Crippen LogP contribution in [0.15, 0.2) is 5.16 Å². The topological polar surface area (TPSA) is 68.1 Å². The third-order valence-corrected chi connectivity index (χ3v) is 1.49. The molecule has 5 heteroatoms. The van der Waals surface area contributed by atoms with E-state index in [0.29, 0.717) is 19.6 Å². The van der Waals surface area contributed by atoms with Crippen molar-refractivity contribution in [1.82, 2.24) is 0 Å². The second kappa shape index (κ2) is 4.06. The molecule has 5 nitrogen and oxygen atoms in total. The minimum Gasteiger partial charge on any atom is -0.477 e. The molecule has 0 fully saturated rings. The quantitative estimate of drug-likeness (QED) is 0.661. The van der Waals surface area contributed by atoms with Crippen molar-refractivity contribution in [2.45, 2.75) is 19.4 Å². The van der Waals surface area contributed by atoms with Crippen LogP contribution in [0.4, 0.5) is 0 Å². The number of carboxylic acids is 1. The largest absolute Gasteiger partial charge is 0.477 e. The molecule has 0 spiro atoms. The Balaban J connectivity index is 2.27. The van der Waals surface area contributed by atoms with Gasteiger partial charge in [-0.25, -0.2) is 4.79 Å². The molecule has 1 N–H and O–H groups in total. The number of hydrogen-bond acceptors (Lipinski definition) is 4. The van der Waals surface area contributed by atoms with Crippen LogP contribution in [0.5, 0.6) is 0 Å². The number of carboxylic acid groups (broad SMARTS) is 1. The Kier molecular flexibility index (Phi) is 3.04. The van der Waals surface area contributed by atoms with Crippen molar-refractivity contribution in [3.05, 3.63) is 0 Å². The Bertz CT molecular complexity index is 202. The number of rotatable bonds is 4. The molecule has 0 radical (unpaired) electrons. The molecule has 0 aromatic rings. The Labute approximate surface area is 70.0 Å². The molecule has 68 valence electrons.